The number of halogens is 4. The summed E-state index contributed by atoms with van der Waals surface area (Å²) < 4.78 is 75.4. The van der Waals surface area contributed by atoms with Crippen molar-refractivity contribution in [3.63, 3.8) is 0 Å². The fourth-order valence-corrected chi connectivity index (χ4v) is 16.0. The lowest BCUT2D eigenvalue weighted by molar-refractivity contribution is -0.139. The number of thiol groups is 1. The van der Waals surface area contributed by atoms with E-state index in [1.165, 1.54) is 40.6 Å². The van der Waals surface area contributed by atoms with Crippen molar-refractivity contribution < 1.29 is 50.3 Å². The molecule has 1 aliphatic carbocycles. The summed E-state index contributed by atoms with van der Waals surface area (Å²) in [5, 5.41) is 10.3. The van der Waals surface area contributed by atoms with Gasteiger partial charge in [0.25, 0.3) is 15.7 Å². The van der Waals surface area contributed by atoms with E-state index in [1.807, 2.05) is 73.7 Å². The van der Waals surface area contributed by atoms with Crippen molar-refractivity contribution in [2.24, 2.45) is 16.5 Å². The normalized spacial score (nSPS) is 21.0. The van der Waals surface area contributed by atoms with Gasteiger partial charge in [0.15, 0.2) is 5.78 Å². The van der Waals surface area contributed by atoms with Gasteiger partial charge in [0.1, 0.15) is 6.04 Å². The van der Waals surface area contributed by atoms with Crippen molar-refractivity contribution in [3.05, 3.63) is 154 Å². The predicted molar refractivity (Wildman–Crippen MR) is 358 cm³/mol. The average Bonchev–Trinajstić information content (AvgIpc) is 1.16. The van der Waals surface area contributed by atoms with Crippen LogP contribution in [0.1, 0.15) is 95.2 Å². The number of nitrogens with one attached hydrogen (secondary N) is 2. The summed E-state index contributed by atoms with van der Waals surface area (Å²) in [6.07, 6.45) is 7.43. The number of alkyl halides is 3. The second kappa shape index (κ2) is 30.9. The van der Waals surface area contributed by atoms with Crippen LogP contribution in [-0.2, 0) is 29.0 Å². The molecule has 11 rings (SSSR count). The molecule has 5 fully saturated rings. The van der Waals surface area contributed by atoms with E-state index in [2.05, 4.69) is 65.2 Å². The Kier molecular flexibility index (Phi) is 23.0. The maximum Gasteiger partial charge on any atom is 0.501 e. The summed E-state index contributed by atoms with van der Waals surface area (Å²) in [6.45, 7) is 14.0. The summed E-state index contributed by atoms with van der Waals surface area (Å²) in [4.78, 5) is 76.8. The van der Waals surface area contributed by atoms with Crippen molar-refractivity contribution >= 4 is 98.6 Å². The van der Waals surface area contributed by atoms with Crippen LogP contribution in [0, 0.1) is 18.3 Å². The smallest absolute Gasteiger partial charge is 0.380 e. The van der Waals surface area contributed by atoms with Crippen LogP contribution in [0.2, 0.25) is 5.02 Å². The number of anilines is 3. The summed E-state index contributed by atoms with van der Waals surface area (Å²) in [6, 6.07) is 32.6. The van der Waals surface area contributed by atoms with Crippen LogP contribution in [0.25, 0.3) is 5.57 Å². The highest BCUT2D eigenvalue weighted by Crippen LogP contribution is 2.49. The van der Waals surface area contributed by atoms with Crippen molar-refractivity contribution in [1.29, 1.82) is 0 Å². The number of aryl methyl sites for hydroxylation is 1. The molecule has 492 valence electrons. The van der Waals surface area contributed by atoms with E-state index in [9.17, 15) is 45.6 Å². The predicted octanol–water partition coefficient (Wildman–Crippen LogP) is 10.0. The van der Waals surface area contributed by atoms with Crippen molar-refractivity contribution in [2.75, 3.05) is 119 Å². The highest BCUT2D eigenvalue weighted by Gasteiger charge is 2.49. The van der Waals surface area contributed by atoms with Gasteiger partial charge >= 0.3 is 5.51 Å². The summed E-state index contributed by atoms with van der Waals surface area (Å²) >= 11 is 11.0. The number of carbonyl (C=O) groups excluding carboxylic acids is 5. The largest absolute Gasteiger partial charge is 0.501 e. The molecule has 3 atom stereocenters. The Morgan fingerprint density at radius 3 is 2.17 bits per heavy atom. The fraction of sp³-hybridized carbons (Fsp3) is 0.456. The minimum Gasteiger partial charge on any atom is -0.380 e. The Morgan fingerprint density at radius 1 is 0.815 bits per heavy atom. The number of sulfone groups is 1. The molecule has 92 heavy (non-hydrogen) atoms. The molecular formula is C68H81ClF3N9O8S3. The molecule has 5 aliphatic heterocycles. The van der Waals surface area contributed by atoms with Crippen LogP contribution in [0.3, 0.4) is 0 Å². The van der Waals surface area contributed by atoms with Gasteiger partial charge in [0.2, 0.25) is 18.2 Å². The van der Waals surface area contributed by atoms with E-state index in [1.54, 1.807) is 18.2 Å². The third-order valence-corrected chi connectivity index (χ3v) is 22.0. The Bertz CT molecular complexity index is 3570. The van der Waals surface area contributed by atoms with E-state index in [4.69, 9.17) is 16.3 Å². The lowest BCUT2D eigenvalue weighted by Crippen LogP contribution is -2.53. The molecule has 0 radical (unpaired) electrons. The maximum absolute atomic E-state index is 14.4. The molecule has 5 heterocycles. The van der Waals surface area contributed by atoms with Gasteiger partial charge in [-0.1, -0.05) is 47.5 Å². The molecule has 3 unspecified atom stereocenters. The highest BCUT2D eigenvalue weighted by atomic mass is 35.5. The number of ether oxygens (including phenoxy) is 1. The molecular weight excluding hydrogens is 1260 g/mol. The molecule has 0 saturated carbocycles. The summed E-state index contributed by atoms with van der Waals surface area (Å²) in [5.74, 6) is -1.20. The van der Waals surface area contributed by atoms with Crippen LogP contribution in [0.15, 0.2) is 131 Å². The number of hydrogen-bond acceptors (Lipinski definition) is 17. The van der Waals surface area contributed by atoms with Gasteiger partial charge in [-0.2, -0.15) is 13.2 Å². The van der Waals surface area contributed by atoms with E-state index >= 15 is 0 Å². The zero-order valence-electron chi connectivity index (χ0n) is 51.8. The van der Waals surface area contributed by atoms with Gasteiger partial charge in [0, 0.05) is 135 Å². The number of hydrogen-bond donors (Lipinski definition) is 4. The number of rotatable bonds is 21. The topological polar surface area (TPSA) is 198 Å². The minimum atomic E-state index is -5.87. The molecule has 5 aromatic rings. The number of benzene rings is 5. The van der Waals surface area contributed by atoms with Gasteiger partial charge in [-0.05, 0) is 178 Å². The Labute approximate surface area is 552 Å². The summed E-state index contributed by atoms with van der Waals surface area (Å²) in [5.41, 5.74) is 1.53. The molecule has 5 saturated heterocycles. The van der Waals surface area contributed by atoms with Gasteiger partial charge in [-0.15, -0.1) is 24.6 Å². The number of thioether (sulfide) groups is 1. The molecule has 4 amide bonds. The SMILES string of the molecule is Cc1cc(N2CCC(CN3CCC4(CCC(c5ccc(Cl)cc5)=C(CN5CCN(c6ccc(C(=O)c7ccc(NC(CCN8CCOCC8)CSc8ccccc8)c(S(=O)(=O)C(F)(F)F)c7)cc6)CC5)C4)C3)CC2)ccc1C(=O)N(C=O)C1CCC(=O)NC1=O.NS. The first-order chi connectivity index (χ1) is 44.3. The first-order valence-corrected chi connectivity index (χ1v) is 34.9. The molecule has 1 spiro atoms. The van der Waals surface area contributed by atoms with Gasteiger partial charge in [-0.25, -0.2) is 8.42 Å². The average molecular weight is 1340 g/mol. The quantitative estimate of drug-likeness (QED) is 0.0178. The van der Waals surface area contributed by atoms with E-state index < -0.39 is 55.8 Å². The number of morpholine rings is 1. The number of likely N-dealkylation sites (tertiary alicyclic amines) is 1. The number of piperidine rings is 2. The number of ketones is 1. The molecule has 6 aliphatic rings. The van der Waals surface area contributed by atoms with Gasteiger partial charge in [0.05, 0.1) is 23.8 Å². The highest BCUT2D eigenvalue weighted by molar-refractivity contribution is 7.99. The van der Waals surface area contributed by atoms with Crippen LogP contribution in [-0.4, -0.2) is 180 Å². The van der Waals surface area contributed by atoms with E-state index in [0.717, 1.165) is 144 Å². The lowest BCUT2D eigenvalue weighted by atomic mass is 9.69. The van der Waals surface area contributed by atoms with Crippen LogP contribution < -0.4 is 25.6 Å². The van der Waals surface area contributed by atoms with Gasteiger partial charge < -0.3 is 24.8 Å². The number of allylic oxidation sites excluding steroid dienone is 1. The number of nitrogens with two attached hydrogens (primary N) is 1. The third kappa shape index (κ3) is 16.6. The minimum absolute atomic E-state index is 0.0594. The standard InChI is InChI=1S/C68H78ClF3N8O8S2.H3NS/c1-47-39-56(16-17-58(47)66(85)80(46-81)61-19-20-63(82)74-65(61)84)78-28-22-48(23-29-78)42-77-30-26-67(45-77)25-21-59(49-7-12-53(69)13-8-49)52(41-67)43-76-31-33-79(34-32-76)55-14-9-50(10-15-55)64(83)51-11-18-60(62(40-51)90(86,87)68(70,71)72)73-54(24-27-75-35-37-88-38-36-75)44-89-57-5-3-2-4-6-57;1-2/h2-18,39-40,46,48,54,61,73H,19-38,41-45H2,1H3,(H,74,82,84);2H,1H2. The van der Waals surface area contributed by atoms with Crippen LogP contribution >= 0.6 is 36.2 Å². The van der Waals surface area contributed by atoms with Crippen molar-refractivity contribution in [1.82, 2.24) is 24.9 Å². The molecule has 4 N–H and O–H groups in total. The Balaban J connectivity index is 0.00000459. The van der Waals surface area contributed by atoms with Crippen LogP contribution in [0.4, 0.5) is 30.2 Å². The third-order valence-electron chi connectivity index (χ3n) is 19.0. The molecule has 0 aromatic heterocycles. The first-order valence-electron chi connectivity index (χ1n) is 31.6. The second-order valence-electron chi connectivity index (χ2n) is 25.0. The molecule has 0 bridgehead atoms. The van der Waals surface area contributed by atoms with Gasteiger partial charge in [-0.3, -0.25) is 49.1 Å². The number of nitrogens with zero attached hydrogens (tertiary/aromatic N) is 6. The molecule has 24 heteroatoms. The second-order valence-corrected chi connectivity index (χ2v) is 28.4. The number of amides is 4. The van der Waals surface area contributed by atoms with Crippen molar-refractivity contribution in [2.45, 2.75) is 92.1 Å². The molecule has 17 nitrogen and oxygen atoms in total. The Hall–Kier alpha value is -6.28. The number of imide groups is 2. The van der Waals surface area contributed by atoms with E-state index in [0.29, 0.717) is 60.4 Å². The number of carbonyl (C=O) groups is 5. The summed E-state index contributed by atoms with van der Waals surface area (Å²) in [7, 11) is -5.87. The van der Waals surface area contributed by atoms with Crippen LogP contribution in [0.5, 0.6) is 0 Å². The monoisotopic (exact) mass is 1340 g/mol. The zero-order valence-corrected chi connectivity index (χ0v) is 55.0. The lowest BCUT2D eigenvalue weighted by Gasteiger charge is -2.41. The van der Waals surface area contributed by atoms with Crippen molar-refractivity contribution in [3.8, 4) is 0 Å². The fourth-order valence-electron chi connectivity index (χ4n) is 13.9. The Morgan fingerprint density at radius 2 is 1.50 bits per heavy atom. The van der Waals surface area contributed by atoms with E-state index in [-0.39, 0.29) is 35.1 Å². The molecule has 5 aromatic carbocycles. The number of piperazine rings is 1. The zero-order chi connectivity index (χ0) is 65.2. The maximum atomic E-state index is 14.4. The first kappa shape index (κ1) is 68.6.